The average Bonchev–Trinajstić information content (AvgIpc) is 3.12. The number of hydrogen-bond acceptors (Lipinski definition) is 7. The van der Waals surface area contributed by atoms with Gasteiger partial charge in [-0.3, -0.25) is 4.40 Å². The monoisotopic (exact) mass is 355 g/mol. The van der Waals surface area contributed by atoms with Gasteiger partial charge in [0.15, 0.2) is 11.3 Å². The van der Waals surface area contributed by atoms with Gasteiger partial charge in [0.1, 0.15) is 16.2 Å². The van der Waals surface area contributed by atoms with Gasteiger partial charge in [-0.15, -0.1) is 0 Å². The van der Waals surface area contributed by atoms with Crippen molar-refractivity contribution in [1.82, 2.24) is 19.4 Å². The van der Waals surface area contributed by atoms with Gasteiger partial charge in [0.2, 0.25) is 9.84 Å². The molecule has 0 saturated carbocycles. The maximum Gasteiger partial charge on any atom is 0.211 e. The van der Waals surface area contributed by atoms with E-state index < -0.39 is 9.84 Å². The van der Waals surface area contributed by atoms with Crippen LogP contribution in [-0.2, 0) is 9.84 Å². The molecule has 0 amide bonds. The minimum Gasteiger partial charge on any atom is -0.497 e. The second kappa shape index (κ2) is 5.42. The van der Waals surface area contributed by atoms with Gasteiger partial charge in [0.05, 0.1) is 17.7 Å². The Kier molecular flexibility index (Phi) is 3.32. The van der Waals surface area contributed by atoms with E-state index in [9.17, 15) is 8.42 Å². The highest BCUT2D eigenvalue weighted by molar-refractivity contribution is 7.92. The number of nitrogens with zero attached hydrogens (tertiary/aromatic N) is 4. The predicted octanol–water partition coefficient (Wildman–Crippen LogP) is 1.70. The smallest absolute Gasteiger partial charge is 0.211 e. The summed E-state index contributed by atoms with van der Waals surface area (Å²) in [6, 6.07) is 6.18. The van der Waals surface area contributed by atoms with Crippen LogP contribution in [0.3, 0.4) is 0 Å². The normalized spacial score (nSPS) is 11.9. The molecule has 0 aliphatic heterocycles. The first-order valence-electron chi connectivity index (χ1n) is 7.28. The first-order chi connectivity index (χ1) is 12.0. The Labute approximate surface area is 142 Å². The maximum atomic E-state index is 13.3. The number of ether oxygens (including phenoxy) is 1. The molecular formula is C16H13N5O3S. The van der Waals surface area contributed by atoms with Crippen LogP contribution >= 0.6 is 0 Å². The molecule has 0 aliphatic carbocycles. The number of methoxy groups -OCH3 is 1. The molecule has 4 aromatic rings. The molecule has 4 rings (SSSR count). The Morgan fingerprint density at radius 3 is 2.64 bits per heavy atom. The number of imidazole rings is 1. The summed E-state index contributed by atoms with van der Waals surface area (Å²) >= 11 is 0. The van der Waals surface area contributed by atoms with E-state index in [4.69, 9.17) is 10.5 Å². The van der Waals surface area contributed by atoms with Crippen molar-refractivity contribution in [3.05, 3.63) is 49.1 Å². The molecule has 0 atom stereocenters. The van der Waals surface area contributed by atoms with Crippen molar-refractivity contribution >= 4 is 32.3 Å². The van der Waals surface area contributed by atoms with Gasteiger partial charge in [-0.2, -0.15) is 0 Å². The Morgan fingerprint density at radius 1 is 1.08 bits per heavy atom. The van der Waals surface area contributed by atoms with Crippen LogP contribution in [-0.4, -0.2) is 34.9 Å². The van der Waals surface area contributed by atoms with E-state index in [0.29, 0.717) is 17.0 Å². The summed E-state index contributed by atoms with van der Waals surface area (Å²) in [5, 5.41) is 0. The molecule has 0 bridgehead atoms. The zero-order valence-corrected chi connectivity index (χ0v) is 13.9. The highest BCUT2D eigenvalue weighted by Gasteiger charge is 2.28. The summed E-state index contributed by atoms with van der Waals surface area (Å²) in [7, 11) is -2.49. The highest BCUT2D eigenvalue weighted by atomic mass is 32.2. The van der Waals surface area contributed by atoms with Crippen molar-refractivity contribution in [3.63, 3.8) is 0 Å². The average molecular weight is 355 g/mol. The maximum absolute atomic E-state index is 13.3. The summed E-state index contributed by atoms with van der Waals surface area (Å²) in [6.45, 7) is 0. The van der Waals surface area contributed by atoms with Crippen LogP contribution in [0.2, 0.25) is 0 Å². The Bertz CT molecular complexity index is 1220. The molecule has 0 aliphatic rings. The lowest BCUT2D eigenvalue weighted by Crippen LogP contribution is -2.10. The van der Waals surface area contributed by atoms with Gasteiger partial charge in [0.25, 0.3) is 0 Å². The number of pyridine rings is 1. The molecule has 0 fully saturated rings. The summed E-state index contributed by atoms with van der Waals surface area (Å²) in [5.41, 5.74) is 7.06. The second-order valence-electron chi connectivity index (χ2n) is 5.27. The van der Waals surface area contributed by atoms with Crippen molar-refractivity contribution in [1.29, 1.82) is 0 Å². The SMILES string of the molecule is COc1cccc(S(=O)(=O)c2c(N)c3nccn3c3nccnc23)c1. The molecular weight excluding hydrogens is 342 g/mol. The van der Waals surface area contributed by atoms with Crippen LogP contribution in [0, 0.1) is 0 Å². The molecule has 0 saturated heterocycles. The van der Waals surface area contributed by atoms with Crippen LogP contribution in [0.1, 0.15) is 0 Å². The number of nitrogen functional groups attached to an aromatic ring is 1. The Hall–Kier alpha value is -3.20. The highest BCUT2D eigenvalue weighted by Crippen LogP contribution is 2.34. The first-order valence-corrected chi connectivity index (χ1v) is 8.76. The van der Waals surface area contributed by atoms with E-state index in [-0.39, 0.29) is 21.0 Å². The van der Waals surface area contributed by atoms with Gasteiger partial charge < -0.3 is 10.5 Å². The number of benzene rings is 1. The number of sulfone groups is 1. The van der Waals surface area contributed by atoms with Gasteiger partial charge in [-0.25, -0.2) is 23.4 Å². The van der Waals surface area contributed by atoms with E-state index in [1.807, 2.05) is 0 Å². The third kappa shape index (κ3) is 2.20. The first kappa shape index (κ1) is 15.3. The van der Waals surface area contributed by atoms with E-state index >= 15 is 0 Å². The summed E-state index contributed by atoms with van der Waals surface area (Å²) in [6.07, 6.45) is 6.10. The van der Waals surface area contributed by atoms with Crippen molar-refractivity contribution in [2.24, 2.45) is 0 Å². The number of nitrogens with two attached hydrogens (primary N) is 1. The van der Waals surface area contributed by atoms with Crippen molar-refractivity contribution in [3.8, 4) is 5.75 Å². The number of anilines is 1. The fraction of sp³-hybridized carbons (Fsp3) is 0.0625. The molecule has 25 heavy (non-hydrogen) atoms. The molecule has 0 radical (unpaired) electrons. The van der Waals surface area contributed by atoms with Gasteiger partial charge in [-0.1, -0.05) is 6.07 Å². The van der Waals surface area contributed by atoms with Gasteiger partial charge >= 0.3 is 0 Å². The summed E-state index contributed by atoms with van der Waals surface area (Å²) in [4.78, 5) is 12.5. The van der Waals surface area contributed by atoms with Crippen molar-refractivity contribution < 1.29 is 13.2 Å². The zero-order chi connectivity index (χ0) is 17.6. The van der Waals surface area contributed by atoms with E-state index in [2.05, 4.69) is 15.0 Å². The molecule has 2 N–H and O–H groups in total. The Morgan fingerprint density at radius 2 is 1.84 bits per heavy atom. The third-order valence-electron chi connectivity index (χ3n) is 3.87. The number of rotatable bonds is 3. The number of aromatic nitrogens is 4. The Balaban J connectivity index is 2.13. The molecule has 9 heteroatoms. The fourth-order valence-electron chi connectivity index (χ4n) is 2.73. The quantitative estimate of drug-likeness (QED) is 0.595. The topological polar surface area (TPSA) is 112 Å². The van der Waals surface area contributed by atoms with E-state index in [0.717, 1.165) is 0 Å². The minimum atomic E-state index is -3.96. The standard InChI is InChI=1S/C16H13N5O3S/c1-24-10-3-2-4-11(9-10)25(22,23)14-12(17)15-20-7-8-21(15)16-13(14)18-5-6-19-16/h2-9H,17H2,1H3. The molecule has 126 valence electrons. The van der Waals surface area contributed by atoms with Gasteiger partial charge in [0, 0.05) is 24.8 Å². The molecule has 0 unspecified atom stereocenters. The number of hydrogen-bond donors (Lipinski definition) is 1. The van der Waals surface area contributed by atoms with Crippen molar-refractivity contribution in [2.75, 3.05) is 12.8 Å². The molecule has 1 aromatic carbocycles. The van der Waals surface area contributed by atoms with Gasteiger partial charge in [-0.05, 0) is 18.2 Å². The zero-order valence-electron chi connectivity index (χ0n) is 13.1. The largest absolute Gasteiger partial charge is 0.497 e. The molecule has 3 aromatic heterocycles. The molecule has 0 spiro atoms. The lowest BCUT2D eigenvalue weighted by Gasteiger charge is -2.12. The molecule has 3 heterocycles. The second-order valence-corrected chi connectivity index (χ2v) is 7.16. The van der Waals surface area contributed by atoms with Crippen LogP contribution in [0.15, 0.2) is 58.8 Å². The summed E-state index contributed by atoms with van der Waals surface area (Å²) in [5.74, 6) is 0.428. The van der Waals surface area contributed by atoms with Crippen LogP contribution in [0.5, 0.6) is 5.75 Å². The fourth-order valence-corrected chi connectivity index (χ4v) is 4.27. The third-order valence-corrected chi connectivity index (χ3v) is 5.69. The lowest BCUT2D eigenvalue weighted by molar-refractivity contribution is 0.413. The minimum absolute atomic E-state index is 0.0285. The van der Waals surface area contributed by atoms with Crippen LogP contribution < -0.4 is 10.5 Å². The van der Waals surface area contributed by atoms with Crippen LogP contribution in [0.25, 0.3) is 16.8 Å². The molecule has 8 nitrogen and oxygen atoms in total. The predicted molar refractivity (Wildman–Crippen MR) is 91.1 cm³/mol. The van der Waals surface area contributed by atoms with E-state index in [1.165, 1.54) is 37.8 Å². The lowest BCUT2D eigenvalue weighted by atomic mass is 10.3. The van der Waals surface area contributed by atoms with E-state index in [1.54, 1.807) is 22.7 Å². The summed E-state index contributed by atoms with van der Waals surface area (Å²) < 4.78 is 33.3. The van der Waals surface area contributed by atoms with Crippen LogP contribution in [0.4, 0.5) is 5.69 Å². The van der Waals surface area contributed by atoms with Crippen molar-refractivity contribution in [2.45, 2.75) is 9.79 Å². The number of fused-ring (bicyclic) bond motifs is 3.